The van der Waals surface area contributed by atoms with Gasteiger partial charge in [-0.2, -0.15) is 0 Å². The fourth-order valence-electron chi connectivity index (χ4n) is 1.89. The number of rotatable bonds is 9. The molecule has 0 bridgehead atoms. The summed E-state index contributed by atoms with van der Waals surface area (Å²) in [5.41, 5.74) is 0.431. The first kappa shape index (κ1) is 20.1. The number of amides is 1. The molecule has 134 valence electrons. The molecular weight excluding hydrogens is 326 g/mol. The Morgan fingerprint density at radius 2 is 1.64 bits per heavy atom. The Balaban J connectivity index is 2.70. The lowest BCUT2D eigenvalue weighted by molar-refractivity contribution is -0.153. The van der Waals surface area contributed by atoms with Crippen molar-refractivity contribution in [1.29, 1.82) is 0 Å². The number of ketones is 1. The lowest BCUT2D eigenvalue weighted by Crippen LogP contribution is -2.43. The van der Waals surface area contributed by atoms with Gasteiger partial charge < -0.3 is 14.8 Å². The number of carbonyl (C=O) groups is 4. The maximum Gasteiger partial charge on any atom is 0.329 e. The van der Waals surface area contributed by atoms with Crippen molar-refractivity contribution in [2.24, 2.45) is 0 Å². The number of hydrogen-bond acceptors (Lipinski definition) is 6. The van der Waals surface area contributed by atoms with Gasteiger partial charge in [0, 0.05) is 11.6 Å². The highest BCUT2D eigenvalue weighted by atomic mass is 16.5. The molecular formula is C18H21NO6. The summed E-state index contributed by atoms with van der Waals surface area (Å²) in [5, 5.41) is 2.34. The second-order valence-corrected chi connectivity index (χ2v) is 4.89. The quantitative estimate of drug-likeness (QED) is 0.412. The first-order chi connectivity index (χ1) is 12.0. The predicted molar refractivity (Wildman–Crippen MR) is 89.7 cm³/mol. The molecule has 0 radical (unpaired) electrons. The van der Waals surface area contributed by atoms with E-state index in [4.69, 9.17) is 9.47 Å². The summed E-state index contributed by atoms with van der Waals surface area (Å²) in [6.45, 7) is 3.51. The van der Waals surface area contributed by atoms with Gasteiger partial charge in [-0.1, -0.05) is 30.3 Å². The zero-order chi connectivity index (χ0) is 18.7. The monoisotopic (exact) mass is 347 g/mol. The molecule has 1 N–H and O–H groups in total. The third-order valence-electron chi connectivity index (χ3n) is 3.01. The molecule has 7 nitrogen and oxygen atoms in total. The van der Waals surface area contributed by atoms with Crippen LogP contribution in [0.1, 0.15) is 30.6 Å². The van der Waals surface area contributed by atoms with Crippen molar-refractivity contribution in [2.75, 3.05) is 13.2 Å². The summed E-state index contributed by atoms with van der Waals surface area (Å²) >= 11 is 0. The summed E-state index contributed by atoms with van der Waals surface area (Å²) in [5.74, 6) is -2.42. The molecule has 7 heteroatoms. The minimum atomic E-state index is -1.18. The van der Waals surface area contributed by atoms with Crippen LogP contribution in [0, 0.1) is 0 Å². The van der Waals surface area contributed by atoms with Crippen LogP contribution in [0.25, 0.3) is 0 Å². The largest absolute Gasteiger partial charge is 0.466 e. The summed E-state index contributed by atoms with van der Waals surface area (Å²) in [4.78, 5) is 47.2. The third kappa shape index (κ3) is 7.43. The van der Waals surface area contributed by atoms with Crippen LogP contribution in [-0.4, -0.2) is 42.9 Å². The van der Waals surface area contributed by atoms with E-state index < -0.39 is 23.9 Å². The molecule has 0 spiro atoms. The molecule has 1 amide bonds. The molecule has 1 atom stereocenters. The fraction of sp³-hybridized carbons (Fsp3) is 0.333. The zero-order valence-electron chi connectivity index (χ0n) is 14.2. The fourth-order valence-corrected chi connectivity index (χ4v) is 1.89. The molecule has 1 aromatic rings. The van der Waals surface area contributed by atoms with Crippen molar-refractivity contribution in [3.8, 4) is 0 Å². The van der Waals surface area contributed by atoms with Crippen molar-refractivity contribution in [2.45, 2.75) is 26.3 Å². The van der Waals surface area contributed by atoms with Gasteiger partial charge in [0.2, 0.25) is 5.91 Å². The molecule has 25 heavy (non-hydrogen) atoms. The topological polar surface area (TPSA) is 98.8 Å². The number of carbonyl (C=O) groups excluding carboxylic acids is 4. The second kappa shape index (κ2) is 10.7. The van der Waals surface area contributed by atoms with Crippen molar-refractivity contribution in [3.05, 3.63) is 48.0 Å². The van der Waals surface area contributed by atoms with E-state index in [0.29, 0.717) is 5.56 Å². The smallest absolute Gasteiger partial charge is 0.329 e. The van der Waals surface area contributed by atoms with Gasteiger partial charge in [0.1, 0.15) is 6.04 Å². The molecule has 1 aromatic carbocycles. The first-order valence-electron chi connectivity index (χ1n) is 7.88. The first-order valence-corrected chi connectivity index (χ1v) is 7.88. The van der Waals surface area contributed by atoms with Crippen LogP contribution in [0.2, 0.25) is 0 Å². The molecule has 0 aliphatic carbocycles. The van der Waals surface area contributed by atoms with Crippen molar-refractivity contribution < 1.29 is 28.7 Å². The van der Waals surface area contributed by atoms with E-state index in [1.807, 2.05) is 0 Å². The van der Waals surface area contributed by atoms with Gasteiger partial charge in [0.15, 0.2) is 5.78 Å². The Labute approximate surface area is 146 Å². The van der Waals surface area contributed by atoms with E-state index in [2.05, 4.69) is 5.32 Å². The van der Waals surface area contributed by atoms with Crippen LogP contribution in [-0.2, 0) is 23.9 Å². The van der Waals surface area contributed by atoms with E-state index in [1.54, 1.807) is 44.2 Å². The van der Waals surface area contributed by atoms with Gasteiger partial charge in [-0.25, -0.2) is 4.79 Å². The maximum absolute atomic E-state index is 11.9. The summed E-state index contributed by atoms with van der Waals surface area (Å²) in [6, 6.07) is 7.24. The minimum Gasteiger partial charge on any atom is -0.466 e. The lowest BCUT2D eigenvalue weighted by Gasteiger charge is -2.15. The van der Waals surface area contributed by atoms with Crippen LogP contribution >= 0.6 is 0 Å². The Kier molecular flexibility index (Phi) is 8.63. The number of benzene rings is 1. The van der Waals surface area contributed by atoms with Crippen LogP contribution in [0.15, 0.2) is 42.5 Å². The average molecular weight is 347 g/mol. The van der Waals surface area contributed by atoms with E-state index in [1.165, 1.54) is 0 Å². The summed E-state index contributed by atoms with van der Waals surface area (Å²) in [6.07, 6.45) is 1.75. The van der Waals surface area contributed by atoms with Crippen LogP contribution in [0.4, 0.5) is 0 Å². The van der Waals surface area contributed by atoms with Crippen molar-refractivity contribution in [3.63, 3.8) is 0 Å². The molecule has 0 saturated carbocycles. The lowest BCUT2D eigenvalue weighted by atomic mass is 10.1. The maximum atomic E-state index is 11.9. The zero-order valence-corrected chi connectivity index (χ0v) is 14.2. The molecule has 0 aliphatic rings. The number of ether oxygens (including phenoxy) is 2. The number of esters is 2. The Morgan fingerprint density at radius 3 is 2.24 bits per heavy atom. The van der Waals surface area contributed by atoms with E-state index >= 15 is 0 Å². The van der Waals surface area contributed by atoms with E-state index in [9.17, 15) is 19.2 Å². The molecule has 0 aromatic heterocycles. The second-order valence-electron chi connectivity index (χ2n) is 4.89. The van der Waals surface area contributed by atoms with Crippen molar-refractivity contribution in [1.82, 2.24) is 5.32 Å². The van der Waals surface area contributed by atoms with Gasteiger partial charge in [0.05, 0.1) is 19.6 Å². The molecule has 1 rings (SSSR count). The highest BCUT2D eigenvalue weighted by Crippen LogP contribution is 2.02. The molecule has 0 unspecified atom stereocenters. The molecule has 0 fully saturated rings. The van der Waals surface area contributed by atoms with Crippen molar-refractivity contribution >= 4 is 23.6 Å². The SMILES string of the molecule is CCOC(=O)C[C@@H](NC(=O)/C=C/C(=O)c1ccccc1)C(=O)OCC. The predicted octanol–water partition coefficient (Wildman–Crippen LogP) is 1.43. The van der Waals surface area contributed by atoms with E-state index in [-0.39, 0.29) is 25.4 Å². The summed E-state index contributed by atoms with van der Waals surface area (Å²) in [7, 11) is 0. The third-order valence-corrected chi connectivity index (χ3v) is 3.01. The molecule has 0 saturated heterocycles. The highest BCUT2D eigenvalue weighted by Gasteiger charge is 2.25. The Bertz CT molecular complexity index is 638. The Hall–Kier alpha value is -2.96. The highest BCUT2D eigenvalue weighted by molar-refractivity contribution is 6.07. The Morgan fingerprint density at radius 1 is 1.00 bits per heavy atom. The van der Waals surface area contributed by atoms with Crippen LogP contribution < -0.4 is 5.32 Å². The normalized spacial score (nSPS) is 11.6. The standard InChI is InChI=1S/C18H21NO6/c1-3-24-17(22)12-14(18(23)25-4-2)19-16(21)11-10-15(20)13-8-6-5-7-9-13/h5-11,14H,3-4,12H2,1-2H3,(H,19,21)/b11-10+/t14-/m1/s1. The van der Waals surface area contributed by atoms with Gasteiger partial charge in [-0.15, -0.1) is 0 Å². The number of hydrogen-bond donors (Lipinski definition) is 1. The molecule has 0 aliphatic heterocycles. The average Bonchev–Trinajstić information content (AvgIpc) is 2.60. The van der Waals surface area contributed by atoms with Crippen LogP contribution in [0.3, 0.4) is 0 Å². The van der Waals surface area contributed by atoms with Crippen LogP contribution in [0.5, 0.6) is 0 Å². The number of allylic oxidation sites excluding steroid dienone is 1. The minimum absolute atomic E-state index is 0.108. The number of nitrogens with one attached hydrogen (secondary N) is 1. The van der Waals surface area contributed by atoms with Gasteiger partial charge >= 0.3 is 11.9 Å². The van der Waals surface area contributed by atoms with Gasteiger partial charge in [-0.05, 0) is 19.9 Å². The molecule has 0 heterocycles. The van der Waals surface area contributed by atoms with Gasteiger partial charge in [-0.3, -0.25) is 14.4 Å². The van der Waals surface area contributed by atoms with E-state index in [0.717, 1.165) is 12.2 Å². The van der Waals surface area contributed by atoms with Gasteiger partial charge in [0.25, 0.3) is 0 Å². The summed E-state index contributed by atoms with van der Waals surface area (Å²) < 4.78 is 9.59.